The first kappa shape index (κ1) is 61.1. The summed E-state index contributed by atoms with van der Waals surface area (Å²) in [5.41, 5.74) is 22.6. The zero-order valence-corrected chi connectivity index (χ0v) is 61.7. The Morgan fingerprint density at radius 1 is 0.189 bits per heavy atom. The van der Waals surface area contributed by atoms with Crippen LogP contribution >= 0.6 is 68.9 Å². The lowest BCUT2D eigenvalue weighted by atomic mass is 9.67. The smallest absolute Gasteiger partial charge is 0.0735 e. The molecule has 20 aromatic rings. The van der Waals surface area contributed by atoms with Crippen LogP contribution in [0.25, 0.3) is 103 Å². The first-order chi connectivity index (χ1) is 52.6. The molecule has 0 N–H and O–H groups in total. The number of rotatable bonds is 6. The van der Waals surface area contributed by atoms with Crippen molar-refractivity contribution in [3.8, 4) is 22.3 Å². The van der Waals surface area contributed by atoms with Crippen molar-refractivity contribution in [2.24, 2.45) is 0 Å². The molecule has 0 unspecified atom stereocenters. The highest BCUT2D eigenvalue weighted by Crippen LogP contribution is 2.66. The molecule has 0 saturated heterocycles. The summed E-state index contributed by atoms with van der Waals surface area (Å²) >= 11 is 11.4. The van der Waals surface area contributed by atoms with Gasteiger partial charge < -0.3 is 9.80 Å². The van der Waals surface area contributed by atoms with Gasteiger partial charge in [-0.1, -0.05) is 236 Å². The molecule has 2 aliphatic heterocycles. The molecule has 496 valence electrons. The lowest BCUT2D eigenvalue weighted by Crippen LogP contribution is -2.31. The third-order valence-corrected chi connectivity index (χ3v) is 29.5. The van der Waals surface area contributed by atoms with Crippen molar-refractivity contribution in [3.05, 3.63) is 396 Å². The summed E-state index contributed by atoms with van der Waals surface area (Å²) in [6, 6.07) is 132. The summed E-state index contributed by atoms with van der Waals surface area (Å²) in [4.78, 5) is 10.3. The number of thiophene rings is 4. The van der Waals surface area contributed by atoms with Crippen molar-refractivity contribution in [2.45, 2.75) is 30.4 Å². The molecule has 0 saturated carbocycles. The van der Waals surface area contributed by atoms with Crippen molar-refractivity contribution in [3.63, 3.8) is 0 Å². The third kappa shape index (κ3) is 8.68. The van der Waals surface area contributed by atoms with E-state index in [-0.39, 0.29) is 10.8 Å². The van der Waals surface area contributed by atoms with Gasteiger partial charge in [0.1, 0.15) is 0 Å². The molecule has 6 heterocycles. The van der Waals surface area contributed by atoms with Gasteiger partial charge in [0.15, 0.2) is 0 Å². The third-order valence-electron chi connectivity index (χ3n) is 22.6. The number of fused-ring (bicyclic) bond motifs is 30. The Bertz CT molecular complexity index is 6990. The molecular formula is C98H58N2S6. The van der Waals surface area contributed by atoms with Crippen molar-refractivity contribution in [2.75, 3.05) is 9.80 Å². The van der Waals surface area contributed by atoms with Crippen molar-refractivity contribution in [1.29, 1.82) is 0 Å². The van der Waals surface area contributed by atoms with Gasteiger partial charge in [-0.15, -0.1) is 45.3 Å². The van der Waals surface area contributed by atoms with E-state index in [1.807, 2.05) is 68.9 Å². The second kappa shape index (κ2) is 23.6. The fraction of sp³-hybridized carbons (Fsp3) is 0.0204. The van der Waals surface area contributed by atoms with Crippen LogP contribution in [0.4, 0.5) is 34.1 Å². The Morgan fingerprint density at radius 2 is 0.538 bits per heavy atom. The molecule has 0 amide bonds. The number of nitrogens with zero attached hydrogens (tertiary/aromatic N) is 2. The van der Waals surface area contributed by atoms with Crippen LogP contribution in [0.1, 0.15) is 44.5 Å². The highest BCUT2D eigenvalue weighted by Gasteiger charge is 2.52. The van der Waals surface area contributed by atoms with Crippen molar-refractivity contribution >= 4 is 184 Å². The van der Waals surface area contributed by atoms with E-state index in [2.05, 4.69) is 362 Å². The van der Waals surface area contributed by atoms with Gasteiger partial charge in [-0.25, -0.2) is 0 Å². The van der Waals surface area contributed by atoms with Crippen LogP contribution < -0.4 is 9.80 Å². The molecule has 0 bridgehead atoms. The van der Waals surface area contributed by atoms with Crippen LogP contribution in [0.3, 0.4) is 0 Å². The summed E-state index contributed by atoms with van der Waals surface area (Å²) in [5.74, 6) is 0. The second-order valence-electron chi connectivity index (χ2n) is 27.9. The number of para-hydroxylation sites is 2. The van der Waals surface area contributed by atoms with Crippen molar-refractivity contribution < 1.29 is 0 Å². The predicted octanol–water partition coefficient (Wildman–Crippen LogP) is 29.4. The number of hydrogen-bond donors (Lipinski definition) is 0. The van der Waals surface area contributed by atoms with Crippen LogP contribution in [0.15, 0.2) is 371 Å². The number of anilines is 6. The monoisotopic (exact) mass is 1450 g/mol. The standard InChI is InChI=1S/2C49H29NS3/c1-2-14-30(15-3-1)50(39-21-12-26-44-47(39)32-17-5-9-23-41(32)51-44)40-22-13-27-45-48(40)34-28-33-31-16-4-6-18-35(31)49(38(33)29-46(34)53-45)36-19-7-10-24-42(36)52-43-25-11-8-20-37(43)49;1-2-13-30(14-3-1)50(31-25-26-43-35(27-31)33-16-5-9-21-42(33)51-43)41-20-12-24-46-48(41)36-28-34-32-15-4-6-17-37(32)49(40(34)29-47(36)53-46)38-18-7-10-22-44(38)52-45-23-11-8-19-39(45)49/h2*1-29H. The summed E-state index contributed by atoms with van der Waals surface area (Å²) in [6.07, 6.45) is 0. The Hall–Kier alpha value is -11.3. The molecular weight excluding hydrogens is 1400 g/mol. The Labute approximate surface area is 637 Å². The molecule has 0 radical (unpaired) electrons. The fourth-order valence-corrected chi connectivity index (χ4v) is 25.4. The Kier molecular flexibility index (Phi) is 13.6. The fourth-order valence-electron chi connectivity index (χ4n) is 18.5. The largest absolute Gasteiger partial charge is 0.310 e. The summed E-state index contributed by atoms with van der Waals surface area (Å²) < 4.78 is 10.5. The lowest BCUT2D eigenvalue weighted by molar-refractivity contribution is 0.723. The predicted molar refractivity (Wildman–Crippen MR) is 457 cm³/mol. The molecule has 2 spiro atoms. The first-order valence-corrected chi connectivity index (χ1v) is 40.9. The zero-order valence-electron chi connectivity index (χ0n) is 56.8. The maximum absolute atomic E-state index is 2.54. The van der Waals surface area contributed by atoms with Crippen LogP contribution in [0.5, 0.6) is 0 Å². The van der Waals surface area contributed by atoms with Crippen molar-refractivity contribution in [1.82, 2.24) is 0 Å². The molecule has 0 atom stereocenters. The first-order valence-electron chi connectivity index (χ1n) is 36.0. The van der Waals surface area contributed by atoms with Gasteiger partial charge in [0, 0.05) is 117 Å². The van der Waals surface area contributed by atoms with E-state index in [0.717, 1.165) is 17.1 Å². The highest BCUT2D eigenvalue weighted by molar-refractivity contribution is 7.99. The van der Waals surface area contributed by atoms with E-state index in [0.29, 0.717) is 0 Å². The van der Waals surface area contributed by atoms with E-state index >= 15 is 0 Å². The summed E-state index contributed by atoms with van der Waals surface area (Å²) in [5, 5.41) is 10.4. The van der Waals surface area contributed by atoms with E-state index in [1.54, 1.807) is 0 Å². The Balaban J connectivity index is 0.000000129. The molecule has 16 aromatic carbocycles. The average molecular weight is 1460 g/mol. The average Bonchev–Trinajstić information content (AvgIpc) is 1.50. The summed E-state index contributed by atoms with van der Waals surface area (Å²) in [7, 11) is 0. The molecule has 8 heteroatoms. The van der Waals surface area contributed by atoms with Crippen LogP contribution in [0.2, 0.25) is 0 Å². The quantitative estimate of drug-likeness (QED) is 0.164. The molecule has 2 aliphatic carbocycles. The maximum atomic E-state index is 2.54. The minimum Gasteiger partial charge on any atom is -0.310 e. The minimum absolute atomic E-state index is 0.383. The van der Waals surface area contributed by atoms with Gasteiger partial charge >= 0.3 is 0 Å². The Morgan fingerprint density at radius 3 is 1.03 bits per heavy atom. The van der Waals surface area contributed by atoms with Crippen LogP contribution in [-0.2, 0) is 10.8 Å². The van der Waals surface area contributed by atoms with E-state index < -0.39 is 0 Å². The molecule has 2 nitrogen and oxygen atoms in total. The lowest BCUT2D eigenvalue weighted by Gasteiger charge is -2.39. The molecule has 4 aromatic heterocycles. The van der Waals surface area contributed by atoms with E-state index in [4.69, 9.17) is 0 Å². The van der Waals surface area contributed by atoms with E-state index in [1.165, 1.54) is 184 Å². The minimum atomic E-state index is -0.386. The van der Waals surface area contributed by atoms with Gasteiger partial charge in [-0.3, -0.25) is 0 Å². The van der Waals surface area contributed by atoms with E-state index in [9.17, 15) is 0 Å². The van der Waals surface area contributed by atoms with Crippen LogP contribution in [0, 0.1) is 0 Å². The maximum Gasteiger partial charge on any atom is 0.0735 e. The molecule has 24 rings (SSSR count). The topological polar surface area (TPSA) is 6.48 Å². The van der Waals surface area contributed by atoms with Gasteiger partial charge in [0.25, 0.3) is 0 Å². The van der Waals surface area contributed by atoms with Gasteiger partial charge in [0.05, 0.1) is 27.9 Å². The normalized spacial score (nSPS) is 13.7. The molecule has 106 heavy (non-hydrogen) atoms. The number of hydrogen-bond acceptors (Lipinski definition) is 8. The molecule has 0 fully saturated rings. The second-order valence-corrected chi connectivity index (χ2v) is 34.4. The highest BCUT2D eigenvalue weighted by atomic mass is 32.2. The summed E-state index contributed by atoms with van der Waals surface area (Å²) in [6.45, 7) is 0. The van der Waals surface area contributed by atoms with Gasteiger partial charge in [-0.05, 0) is 206 Å². The SMILES string of the molecule is c1ccc(N(c2ccc3sc4ccccc4c3c2)c2cccc3sc4cc5c(cc4c23)-c2ccccc2C52c3ccccc3Sc3ccccc32)cc1.c1ccc(N(c2cccc3sc4ccccc4c23)c2cccc3sc4cc5c(cc4c23)-c2ccccc2C52c3ccccc3Sc3ccccc32)cc1. The molecule has 4 aliphatic rings. The number of benzene rings is 16. The van der Waals surface area contributed by atoms with Gasteiger partial charge in [0.2, 0.25) is 0 Å². The van der Waals surface area contributed by atoms with Gasteiger partial charge in [-0.2, -0.15) is 0 Å². The zero-order chi connectivity index (χ0) is 69.3. The van der Waals surface area contributed by atoms with Crippen LogP contribution in [-0.4, -0.2) is 0 Å².